The molecule has 1 aliphatic heterocycles. The molecule has 3 heterocycles. The lowest BCUT2D eigenvalue weighted by Gasteiger charge is -2.36. The average Bonchev–Trinajstić information content (AvgIpc) is 3.33. The largest absolute Gasteiger partial charge is 0.495 e. The highest BCUT2D eigenvalue weighted by Crippen LogP contribution is 2.28. The van der Waals surface area contributed by atoms with Gasteiger partial charge in [0.2, 0.25) is 5.91 Å². The topological polar surface area (TPSA) is 85.5 Å². The Hall–Kier alpha value is -4.21. The van der Waals surface area contributed by atoms with Gasteiger partial charge in [0, 0.05) is 39.1 Å². The van der Waals surface area contributed by atoms with E-state index in [1.165, 1.54) is 33.9 Å². The molecule has 5 rings (SSSR count). The summed E-state index contributed by atoms with van der Waals surface area (Å²) in [6, 6.07) is 13.6. The second kappa shape index (κ2) is 9.57. The molecule has 9 nitrogen and oxygen atoms in total. The molecule has 2 aromatic carbocycles. The number of ether oxygens (including phenoxy) is 1. The van der Waals surface area contributed by atoms with Gasteiger partial charge in [-0.25, -0.2) is 14.1 Å². The molecule has 1 aliphatic rings. The number of rotatable bonds is 6. The number of carbonyl (C=O) groups excluding carboxylic acids is 1. The zero-order chi connectivity index (χ0) is 24.4. The zero-order valence-electron chi connectivity index (χ0n) is 19.3. The Kier molecular flexibility index (Phi) is 6.17. The lowest BCUT2D eigenvalue weighted by molar-refractivity contribution is -0.131. The van der Waals surface area contributed by atoms with E-state index in [2.05, 4.69) is 15.0 Å². The van der Waals surface area contributed by atoms with Crippen LogP contribution >= 0.6 is 0 Å². The molecule has 0 aliphatic carbocycles. The van der Waals surface area contributed by atoms with Crippen LogP contribution in [-0.2, 0) is 11.3 Å². The van der Waals surface area contributed by atoms with Crippen LogP contribution in [0.1, 0.15) is 6.42 Å². The Bertz CT molecular complexity index is 1410. The van der Waals surface area contributed by atoms with Crippen LogP contribution in [0.25, 0.3) is 16.7 Å². The number of para-hydroxylation sites is 2. The minimum Gasteiger partial charge on any atom is -0.495 e. The van der Waals surface area contributed by atoms with Gasteiger partial charge in [0.15, 0.2) is 5.65 Å². The van der Waals surface area contributed by atoms with Gasteiger partial charge in [-0.05, 0) is 36.4 Å². The number of piperazine rings is 1. The second-order valence-corrected chi connectivity index (χ2v) is 8.30. The van der Waals surface area contributed by atoms with Crippen molar-refractivity contribution in [2.45, 2.75) is 13.0 Å². The van der Waals surface area contributed by atoms with Crippen molar-refractivity contribution >= 4 is 22.6 Å². The van der Waals surface area contributed by atoms with Gasteiger partial charge in [-0.15, -0.1) is 0 Å². The van der Waals surface area contributed by atoms with E-state index in [9.17, 15) is 14.0 Å². The molecule has 0 atom stereocenters. The molecule has 0 unspecified atom stereocenters. The molecule has 0 N–H and O–H groups in total. The quantitative estimate of drug-likeness (QED) is 0.425. The third-order valence-electron chi connectivity index (χ3n) is 6.25. The first-order valence-corrected chi connectivity index (χ1v) is 11.4. The summed E-state index contributed by atoms with van der Waals surface area (Å²) < 4.78 is 21.6. The fourth-order valence-electron chi connectivity index (χ4n) is 4.34. The molecule has 0 radical (unpaired) electrons. The minimum absolute atomic E-state index is 0.00122. The molecule has 4 aromatic rings. The van der Waals surface area contributed by atoms with Crippen LogP contribution < -0.4 is 15.2 Å². The molecule has 35 heavy (non-hydrogen) atoms. The number of carbonyl (C=O) groups is 1. The highest BCUT2D eigenvalue weighted by molar-refractivity contribution is 5.77. The Labute approximate surface area is 201 Å². The SMILES string of the molecule is COc1ccccc1N1CCN(C(=O)CCn2cnc3c(cnn3-c3ccc(F)cc3)c2=O)CC1. The van der Waals surface area contributed by atoms with Gasteiger partial charge in [0.05, 0.1) is 31.0 Å². The van der Waals surface area contributed by atoms with Crippen molar-refractivity contribution in [2.24, 2.45) is 0 Å². The maximum Gasteiger partial charge on any atom is 0.264 e. The number of hydrogen-bond donors (Lipinski definition) is 0. The standard InChI is InChI=1S/C25H25FN6O3/c1-35-22-5-3-2-4-21(22)29-12-14-30(15-13-29)23(33)10-11-31-17-27-24-20(25(31)34)16-28-32(24)19-8-6-18(26)7-9-19/h2-9,16-17H,10-15H2,1H3. The summed E-state index contributed by atoms with van der Waals surface area (Å²) in [5.74, 6) is 0.461. The molecule has 1 fully saturated rings. The summed E-state index contributed by atoms with van der Waals surface area (Å²) in [7, 11) is 1.65. The van der Waals surface area contributed by atoms with Crippen LogP contribution in [0.15, 0.2) is 65.8 Å². The number of anilines is 1. The van der Waals surface area contributed by atoms with E-state index in [-0.39, 0.29) is 30.2 Å². The summed E-state index contributed by atoms with van der Waals surface area (Å²) in [5, 5.41) is 4.58. The van der Waals surface area contributed by atoms with E-state index in [0.29, 0.717) is 42.9 Å². The normalized spacial score (nSPS) is 13.9. The number of nitrogens with zero attached hydrogens (tertiary/aromatic N) is 6. The number of amides is 1. The smallest absolute Gasteiger partial charge is 0.264 e. The van der Waals surface area contributed by atoms with Crippen molar-refractivity contribution in [3.05, 3.63) is 77.2 Å². The van der Waals surface area contributed by atoms with E-state index < -0.39 is 0 Å². The molecular weight excluding hydrogens is 451 g/mol. The van der Waals surface area contributed by atoms with Crippen LogP contribution in [0, 0.1) is 5.82 Å². The first kappa shape index (κ1) is 22.6. The van der Waals surface area contributed by atoms with Gasteiger partial charge >= 0.3 is 0 Å². The first-order chi connectivity index (χ1) is 17.0. The number of benzene rings is 2. The molecule has 1 saturated heterocycles. The maximum atomic E-state index is 13.2. The average molecular weight is 477 g/mol. The summed E-state index contributed by atoms with van der Waals surface area (Å²) >= 11 is 0. The monoisotopic (exact) mass is 476 g/mol. The molecule has 0 bridgehead atoms. The van der Waals surface area contributed by atoms with Crippen LogP contribution in [-0.4, -0.2) is 63.4 Å². The molecule has 1 amide bonds. The van der Waals surface area contributed by atoms with E-state index in [1.807, 2.05) is 29.2 Å². The Balaban J connectivity index is 1.23. The number of fused-ring (bicyclic) bond motifs is 1. The summed E-state index contributed by atoms with van der Waals surface area (Å²) in [6.45, 7) is 2.86. The van der Waals surface area contributed by atoms with Crippen LogP contribution in [0.3, 0.4) is 0 Å². The van der Waals surface area contributed by atoms with Crippen molar-refractivity contribution in [2.75, 3.05) is 38.2 Å². The van der Waals surface area contributed by atoms with E-state index in [4.69, 9.17) is 4.74 Å². The van der Waals surface area contributed by atoms with Crippen molar-refractivity contribution < 1.29 is 13.9 Å². The van der Waals surface area contributed by atoms with Gasteiger partial charge in [0.1, 0.15) is 17.0 Å². The summed E-state index contributed by atoms with van der Waals surface area (Å²) in [6.07, 6.45) is 3.08. The fourth-order valence-corrected chi connectivity index (χ4v) is 4.34. The highest BCUT2D eigenvalue weighted by atomic mass is 19.1. The van der Waals surface area contributed by atoms with E-state index in [1.54, 1.807) is 19.2 Å². The summed E-state index contributed by atoms with van der Waals surface area (Å²) in [4.78, 5) is 34.2. The minimum atomic E-state index is -0.355. The zero-order valence-corrected chi connectivity index (χ0v) is 19.3. The molecule has 0 saturated carbocycles. The van der Waals surface area contributed by atoms with Crippen molar-refractivity contribution in [1.82, 2.24) is 24.2 Å². The van der Waals surface area contributed by atoms with Gasteiger partial charge < -0.3 is 14.5 Å². The van der Waals surface area contributed by atoms with Gasteiger partial charge in [-0.3, -0.25) is 14.2 Å². The van der Waals surface area contributed by atoms with Crippen molar-refractivity contribution in [1.29, 1.82) is 0 Å². The highest BCUT2D eigenvalue weighted by Gasteiger charge is 2.23. The molecule has 2 aromatic heterocycles. The number of methoxy groups -OCH3 is 1. The van der Waals surface area contributed by atoms with Crippen LogP contribution in [0.5, 0.6) is 5.75 Å². The Morgan fingerprint density at radius 1 is 1.06 bits per heavy atom. The number of halogens is 1. The number of aryl methyl sites for hydroxylation is 1. The first-order valence-electron chi connectivity index (χ1n) is 11.4. The predicted octanol–water partition coefficient (Wildman–Crippen LogP) is 2.47. The maximum absolute atomic E-state index is 13.2. The third kappa shape index (κ3) is 4.46. The van der Waals surface area contributed by atoms with Gasteiger partial charge in [0.25, 0.3) is 5.56 Å². The lowest BCUT2D eigenvalue weighted by Crippen LogP contribution is -2.49. The van der Waals surface area contributed by atoms with Gasteiger partial charge in [-0.2, -0.15) is 5.10 Å². The van der Waals surface area contributed by atoms with Crippen LogP contribution in [0.2, 0.25) is 0 Å². The van der Waals surface area contributed by atoms with Crippen LogP contribution in [0.4, 0.5) is 10.1 Å². The molecular formula is C25H25FN6O3. The molecule has 10 heteroatoms. The summed E-state index contributed by atoms with van der Waals surface area (Å²) in [5.41, 5.74) is 1.75. The Morgan fingerprint density at radius 2 is 1.80 bits per heavy atom. The molecule has 180 valence electrons. The van der Waals surface area contributed by atoms with E-state index >= 15 is 0 Å². The van der Waals surface area contributed by atoms with Crippen molar-refractivity contribution in [3.8, 4) is 11.4 Å². The lowest BCUT2D eigenvalue weighted by atomic mass is 10.2. The molecule has 0 spiro atoms. The third-order valence-corrected chi connectivity index (χ3v) is 6.25. The number of hydrogen-bond acceptors (Lipinski definition) is 6. The Morgan fingerprint density at radius 3 is 2.54 bits per heavy atom. The second-order valence-electron chi connectivity index (χ2n) is 8.30. The fraction of sp³-hybridized carbons (Fsp3) is 0.280. The van der Waals surface area contributed by atoms with Crippen molar-refractivity contribution in [3.63, 3.8) is 0 Å². The number of aromatic nitrogens is 4. The van der Waals surface area contributed by atoms with E-state index in [0.717, 1.165) is 11.4 Å². The van der Waals surface area contributed by atoms with Gasteiger partial charge in [-0.1, -0.05) is 12.1 Å². The predicted molar refractivity (Wildman–Crippen MR) is 129 cm³/mol.